The van der Waals surface area contributed by atoms with E-state index in [1.165, 1.54) is 0 Å². The number of nitrogens with one attached hydrogen (secondary N) is 2. The molecule has 1 atom stereocenters. The highest BCUT2D eigenvalue weighted by atomic mass is 16.5. The van der Waals surface area contributed by atoms with Gasteiger partial charge >= 0.3 is 0 Å². The molecule has 0 aromatic rings. The van der Waals surface area contributed by atoms with Gasteiger partial charge < -0.3 is 20.3 Å². The van der Waals surface area contributed by atoms with Gasteiger partial charge in [-0.15, -0.1) is 0 Å². The lowest BCUT2D eigenvalue weighted by atomic mass is 10.1. The molecule has 2 aliphatic heterocycles. The van der Waals surface area contributed by atoms with E-state index in [2.05, 4.69) is 10.6 Å². The van der Waals surface area contributed by atoms with Crippen molar-refractivity contribution in [2.45, 2.75) is 12.5 Å². The number of carbonyl (C=O) groups excluding carboxylic acids is 2. The number of morpholine rings is 1. The zero-order valence-corrected chi connectivity index (χ0v) is 9.20. The lowest BCUT2D eigenvalue weighted by Gasteiger charge is -2.29. The molecule has 16 heavy (non-hydrogen) atoms. The second kappa shape index (κ2) is 5.27. The molecule has 0 aromatic carbocycles. The number of hydrogen-bond acceptors (Lipinski definition) is 4. The third kappa shape index (κ3) is 2.70. The van der Waals surface area contributed by atoms with Crippen LogP contribution in [0.3, 0.4) is 0 Å². The second-order valence-electron chi connectivity index (χ2n) is 4.00. The van der Waals surface area contributed by atoms with E-state index in [-0.39, 0.29) is 24.3 Å². The first-order valence-electron chi connectivity index (χ1n) is 5.64. The Kier molecular flexibility index (Phi) is 3.74. The Balaban J connectivity index is 1.83. The van der Waals surface area contributed by atoms with Crippen molar-refractivity contribution in [3.8, 4) is 0 Å². The smallest absolute Gasteiger partial charge is 0.237 e. The molecule has 90 valence electrons. The Morgan fingerprint density at radius 3 is 2.81 bits per heavy atom. The zero-order chi connectivity index (χ0) is 11.4. The van der Waals surface area contributed by atoms with E-state index < -0.39 is 0 Å². The highest BCUT2D eigenvalue weighted by Crippen LogP contribution is 2.04. The van der Waals surface area contributed by atoms with Crippen LogP contribution < -0.4 is 10.6 Å². The van der Waals surface area contributed by atoms with Crippen LogP contribution in [0.5, 0.6) is 0 Å². The fourth-order valence-corrected chi connectivity index (χ4v) is 1.93. The summed E-state index contributed by atoms with van der Waals surface area (Å²) in [5.74, 6) is -0.0503. The Hall–Kier alpha value is -1.14. The molecule has 2 saturated heterocycles. The first kappa shape index (κ1) is 11.3. The van der Waals surface area contributed by atoms with Crippen LogP contribution in [-0.4, -0.2) is 62.1 Å². The van der Waals surface area contributed by atoms with Crippen molar-refractivity contribution < 1.29 is 14.3 Å². The number of piperazine rings is 1. The minimum absolute atomic E-state index is 0.0258. The van der Waals surface area contributed by atoms with E-state index in [1.54, 1.807) is 4.90 Å². The molecule has 2 N–H and O–H groups in total. The van der Waals surface area contributed by atoms with Gasteiger partial charge in [0.05, 0.1) is 25.7 Å². The minimum Gasteiger partial charge on any atom is -0.378 e. The molecule has 0 radical (unpaired) electrons. The molecular weight excluding hydrogens is 210 g/mol. The fraction of sp³-hybridized carbons (Fsp3) is 0.800. The average molecular weight is 227 g/mol. The normalized spacial score (nSPS) is 26.4. The van der Waals surface area contributed by atoms with Gasteiger partial charge in [-0.1, -0.05) is 0 Å². The number of hydrogen-bond donors (Lipinski definition) is 2. The van der Waals surface area contributed by atoms with Gasteiger partial charge in [0.1, 0.15) is 0 Å². The van der Waals surface area contributed by atoms with Crippen molar-refractivity contribution in [3.05, 3.63) is 0 Å². The summed E-state index contributed by atoms with van der Waals surface area (Å²) < 4.78 is 5.17. The first-order valence-corrected chi connectivity index (χ1v) is 5.64. The van der Waals surface area contributed by atoms with Gasteiger partial charge in [-0.25, -0.2) is 0 Å². The summed E-state index contributed by atoms with van der Waals surface area (Å²) in [6.07, 6.45) is 0.242. The molecule has 2 rings (SSSR count). The number of nitrogens with zero attached hydrogens (tertiary/aromatic N) is 1. The Morgan fingerprint density at radius 1 is 1.38 bits per heavy atom. The number of amides is 2. The topological polar surface area (TPSA) is 70.7 Å². The van der Waals surface area contributed by atoms with Gasteiger partial charge in [-0.05, 0) is 0 Å². The van der Waals surface area contributed by atoms with Gasteiger partial charge in [0.15, 0.2) is 0 Å². The zero-order valence-electron chi connectivity index (χ0n) is 9.20. The van der Waals surface area contributed by atoms with Crippen LogP contribution in [0.2, 0.25) is 0 Å². The Bertz CT molecular complexity index is 276. The molecular formula is C10H17N3O3. The van der Waals surface area contributed by atoms with Crippen LogP contribution in [0.15, 0.2) is 0 Å². The van der Waals surface area contributed by atoms with Crippen LogP contribution in [0.1, 0.15) is 6.42 Å². The van der Waals surface area contributed by atoms with E-state index in [0.29, 0.717) is 32.8 Å². The van der Waals surface area contributed by atoms with Crippen LogP contribution in [-0.2, 0) is 14.3 Å². The SMILES string of the molecule is O=C1NCCN[C@@H]1CC(=O)N1CCOCC1. The molecule has 0 aromatic heterocycles. The lowest BCUT2D eigenvalue weighted by Crippen LogP contribution is -2.55. The number of rotatable bonds is 2. The van der Waals surface area contributed by atoms with Crippen molar-refractivity contribution in [2.75, 3.05) is 39.4 Å². The predicted octanol–water partition coefficient (Wildman–Crippen LogP) is -1.68. The van der Waals surface area contributed by atoms with Gasteiger partial charge in [0, 0.05) is 26.2 Å². The van der Waals surface area contributed by atoms with Crippen LogP contribution in [0.25, 0.3) is 0 Å². The molecule has 0 saturated carbocycles. The first-order chi connectivity index (χ1) is 7.77. The minimum atomic E-state index is -0.371. The second-order valence-corrected chi connectivity index (χ2v) is 4.00. The summed E-state index contributed by atoms with van der Waals surface area (Å²) in [6.45, 7) is 3.82. The van der Waals surface area contributed by atoms with Crippen molar-refractivity contribution in [2.24, 2.45) is 0 Å². The molecule has 6 nitrogen and oxygen atoms in total. The average Bonchev–Trinajstić information content (AvgIpc) is 2.33. The van der Waals surface area contributed by atoms with Gasteiger partial charge in [-0.2, -0.15) is 0 Å². The summed E-state index contributed by atoms with van der Waals surface area (Å²) in [7, 11) is 0. The maximum atomic E-state index is 11.9. The molecule has 0 unspecified atom stereocenters. The molecule has 6 heteroatoms. The quantitative estimate of drug-likeness (QED) is 0.591. The Labute approximate surface area is 94.3 Å². The highest BCUT2D eigenvalue weighted by Gasteiger charge is 2.27. The molecule has 2 amide bonds. The summed E-state index contributed by atoms with van der Waals surface area (Å²) in [5, 5.41) is 5.79. The molecule has 2 fully saturated rings. The predicted molar refractivity (Wildman–Crippen MR) is 56.8 cm³/mol. The third-order valence-corrected chi connectivity index (χ3v) is 2.87. The van der Waals surface area contributed by atoms with Crippen LogP contribution in [0, 0.1) is 0 Å². The Morgan fingerprint density at radius 2 is 2.12 bits per heavy atom. The van der Waals surface area contributed by atoms with E-state index in [1.807, 2.05) is 0 Å². The van der Waals surface area contributed by atoms with E-state index in [0.717, 1.165) is 6.54 Å². The highest BCUT2D eigenvalue weighted by molar-refractivity contribution is 5.88. The van der Waals surface area contributed by atoms with Gasteiger partial charge in [0.25, 0.3) is 0 Å². The van der Waals surface area contributed by atoms with E-state index in [9.17, 15) is 9.59 Å². The largest absolute Gasteiger partial charge is 0.378 e. The molecule has 0 bridgehead atoms. The molecule has 0 aliphatic carbocycles. The van der Waals surface area contributed by atoms with E-state index >= 15 is 0 Å². The summed E-state index contributed by atoms with van der Waals surface area (Å²) >= 11 is 0. The molecule has 0 spiro atoms. The molecule has 2 heterocycles. The van der Waals surface area contributed by atoms with Crippen molar-refractivity contribution >= 4 is 11.8 Å². The number of ether oxygens (including phenoxy) is 1. The van der Waals surface area contributed by atoms with Gasteiger partial charge in [0.2, 0.25) is 11.8 Å². The monoisotopic (exact) mass is 227 g/mol. The van der Waals surface area contributed by atoms with Crippen molar-refractivity contribution in [1.82, 2.24) is 15.5 Å². The lowest BCUT2D eigenvalue weighted by molar-refractivity contribution is -0.138. The van der Waals surface area contributed by atoms with Crippen LogP contribution in [0.4, 0.5) is 0 Å². The third-order valence-electron chi connectivity index (χ3n) is 2.87. The van der Waals surface area contributed by atoms with Crippen LogP contribution >= 0.6 is 0 Å². The van der Waals surface area contributed by atoms with E-state index in [4.69, 9.17) is 4.74 Å². The maximum absolute atomic E-state index is 11.9. The summed E-state index contributed by atoms with van der Waals surface area (Å²) in [6, 6.07) is -0.371. The summed E-state index contributed by atoms with van der Waals surface area (Å²) in [5.41, 5.74) is 0. The standard InChI is InChI=1S/C10H17N3O3/c14-9(13-3-5-16-6-4-13)7-8-10(15)12-2-1-11-8/h8,11H,1-7H2,(H,12,15)/t8-/m1/s1. The van der Waals surface area contributed by atoms with Gasteiger partial charge in [-0.3, -0.25) is 9.59 Å². The van der Waals surface area contributed by atoms with Crippen molar-refractivity contribution in [3.63, 3.8) is 0 Å². The summed E-state index contributed by atoms with van der Waals surface area (Å²) in [4.78, 5) is 25.1. The number of carbonyl (C=O) groups is 2. The molecule has 2 aliphatic rings. The maximum Gasteiger partial charge on any atom is 0.237 e. The van der Waals surface area contributed by atoms with Crippen molar-refractivity contribution in [1.29, 1.82) is 0 Å². The fourth-order valence-electron chi connectivity index (χ4n) is 1.93.